The monoisotopic (exact) mass is 361 g/mol. The van der Waals surface area contributed by atoms with Gasteiger partial charge in [0.15, 0.2) is 0 Å². The van der Waals surface area contributed by atoms with Crippen LogP contribution in [0.5, 0.6) is 0 Å². The first-order valence-corrected chi connectivity index (χ1v) is 8.78. The molecule has 0 saturated carbocycles. The van der Waals surface area contributed by atoms with E-state index < -0.39 is 32.7 Å². The van der Waals surface area contributed by atoms with Crippen molar-refractivity contribution in [1.29, 1.82) is 0 Å². The maximum atomic E-state index is 11.2. The average molecular weight is 361 g/mol. The normalized spacial score (nSPS) is 13.8. The Hall–Kier alpha value is 0.583. The standard InChI is InChI=1S/CH4O3S.Bi.3FH/c1-5(2,3)4;;;;/h1H3,(H,2,3,4);;3*1H/q;+4;;;/p-4. The third-order valence-corrected chi connectivity index (χ3v) is 5.79. The van der Waals surface area contributed by atoms with Crippen LogP contribution >= 0.6 is 0 Å². The fourth-order valence-corrected chi connectivity index (χ4v) is 4.04. The van der Waals surface area contributed by atoms with Crippen LogP contribution in [0, 0.1) is 0 Å². The van der Waals surface area contributed by atoms with Crippen LogP contribution in [0.2, 0.25) is 0 Å². The second kappa shape index (κ2) is 2.68. The number of hydrogen-bond donors (Lipinski definition) is 0. The summed E-state index contributed by atoms with van der Waals surface area (Å²) in [6.45, 7) is 0. The van der Waals surface area contributed by atoms with Crippen LogP contribution in [-0.2, 0) is 12.4 Å². The van der Waals surface area contributed by atoms with Gasteiger partial charge in [0.05, 0.1) is 0 Å². The topological polar surface area (TPSA) is 43.4 Å². The molecule has 3 nitrogen and oxygen atoms in total. The molecule has 9 heavy (non-hydrogen) atoms. The Kier molecular flexibility index (Phi) is 2.85. The van der Waals surface area contributed by atoms with Gasteiger partial charge in [-0.25, -0.2) is 0 Å². The van der Waals surface area contributed by atoms with E-state index in [2.05, 4.69) is 2.26 Å². The van der Waals surface area contributed by atoms with E-state index in [9.17, 15) is 16.3 Å². The van der Waals surface area contributed by atoms with Gasteiger partial charge in [0.25, 0.3) is 0 Å². The van der Waals surface area contributed by atoms with E-state index >= 15 is 0 Å². The van der Waals surface area contributed by atoms with Crippen molar-refractivity contribution in [3.8, 4) is 0 Å². The van der Waals surface area contributed by atoms with Crippen molar-refractivity contribution in [2.75, 3.05) is 6.26 Å². The average Bonchev–Trinajstić information content (AvgIpc) is 1.14. The molecular weight excluding hydrogens is 358 g/mol. The summed E-state index contributed by atoms with van der Waals surface area (Å²) >= 11 is -7.08. The predicted molar refractivity (Wildman–Crippen MR) is 25.0 cm³/mol. The van der Waals surface area contributed by atoms with E-state index in [0.29, 0.717) is 6.26 Å². The van der Waals surface area contributed by atoms with E-state index in [1.807, 2.05) is 0 Å². The summed E-state index contributed by atoms with van der Waals surface area (Å²) in [5.41, 5.74) is 0. The first-order valence-electron chi connectivity index (χ1n) is 1.60. The summed E-state index contributed by atoms with van der Waals surface area (Å²) in [6, 6.07) is 0. The Bertz CT molecular complexity index is 180. The van der Waals surface area contributed by atoms with E-state index in [1.54, 1.807) is 0 Å². The van der Waals surface area contributed by atoms with E-state index in [4.69, 9.17) is 0 Å². The number of halogens is 3. The van der Waals surface area contributed by atoms with Crippen molar-refractivity contribution < 1.29 is 18.6 Å². The minimum absolute atomic E-state index is 0.374. The van der Waals surface area contributed by atoms with Gasteiger partial charge < -0.3 is 0 Å². The number of hydrogen-bond acceptors (Lipinski definition) is 3. The third kappa shape index (κ3) is 8.58. The molecule has 0 rings (SSSR count). The summed E-state index contributed by atoms with van der Waals surface area (Å²) in [5.74, 6) is 0. The molecule has 0 aromatic heterocycles. The van der Waals surface area contributed by atoms with Crippen molar-refractivity contribution in [3.05, 3.63) is 0 Å². The molecule has 0 saturated heterocycles. The predicted octanol–water partition coefficient (Wildman–Crippen LogP) is 0.307. The number of rotatable bonds is 2. The van der Waals surface area contributed by atoms with Gasteiger partial charge in [0.1, 0.15) is 0 Å². The molecule has 1 radical (unpaired) electrons. The van der Waals surface area contributed by atoms with Gasteiger partial charge in [-0.3, -0.25) is 0 Å². The van der Waals surface area contributed by atoms with Crippen molar-refractivity contribution in [3.63, 3.8) is 0 Å². The van der Waals surface area contributed by atoms with E-state index in [1.165, 1.54) is 0 Å². The van der Waals surface area contributed by atoms with Crippen LogP contribution in [0.4, 0.5) is 7.88 Å². The van der Waals surface area contributed by atoms with Gasteiger partial charge in [-0.15, -0.1) is 0 Å². The zero-order valence-electron chi connectivity index (χ0n) is 4.21. The van der Waals surface area contributed by atoms with Crippen molar-refractivity contribution in [2.45, 2.75) is 0 Å². The second-order valence-electron chi connectivity index (χ2n) is 1.18. The van der Waals surface area contributed by atoms with Crippen molar-refractivity contribution in [1.82, 2.24) is 0 Å². The van der Waals surface area contributed by atoms with E-state index in [-0.39, 0.29) is 0 Å². The summed E-state index contributed by atoms with van der Waals surface area (Å²) in [7, 11) is -4.31. The summed E-state index contributed by atoms with van der Waals surface area (Å²) in [5, 5.41) is 0. The second-order valence-corrected chi connectivity index (χ2v) is 7.57. The van der Waals surface area contributed by atoms with Crippen LogP contribution in [-0.4, -0.2) is 37.2 Å². The molecule has 0 unspecified atom stereocenters. The quantitative estimate of drug-likeness (QED) is 0.665. The maximum absolute atomic E-state index is 11.2. The molecule has 0 aliphatic rings. The van der Waals surface area contributed by atoms with Crippen molar-refractivity contribution >= 4 is 32.7 Å². The van der Waals surface area contributed by atoms with Gasteiger partial charge in [-0.2, -0.15) is 0 Å². The molecule has 0 aromatic rings. The Morgan fingerprint density at radius 1 is 1.33 bits per heavy atom. The molecule has 0 fully saturated rings. The third-order valence-electron chi connectivity index (χ3n) is 0.220. The fourth-order valence-electron chi connectivity index (χ4n) is 0.154. The van der Waals surface area contributed by atoms with Crippen LogP contribution in [0.1, 0.15) is 0 Å². The molecule has 0 atom stereocenters. The first-order chi connectivity index (χ1) is 3.71. The molecule has 0 spiro atoms. The molecule has 0 aromatic carbocycles. The van der Waals surface area contributed by atoms with Gasteiger partial charge in [0, 0.05) is 0 Å². The molecule has 0 bridgehead atoms. The molecule has 0 N–H and O–H groups in total. The van der Waals surface area contributed by atoms with Crippen LogP contribution in [0.3, 0.4) is 0 Å². The van der Waals surface area contributed by atoms with Gasteiger partial charge in [-0.1, -0.05) is 0 Å². The SMILES string of the molecule is CS(=O)(=O)[O][Bi]([F])([F])[F]. The molecule has 0 heterocycles. The molecule has 0 amide bonds. The van der Waals surface area contributed by atoms with Gasteiger partial charge >= 0.3 is 57.5 Å². The van der Waals surface area contributed by atoms with Crippen LogP contribution < -0.4 is 0 Å². The van der Waals surface area contributed by atoms with Crippen molar-refractivity contribution in [2.24, 2.45) is 0 Å². The Balaban J connectivity index is 4.07. The van der Waals surface area contributed by atoms with Gasteiger partial charge in [-0.05, 0) is 0 Å². The zero-order chi connectivity index (χ0) is 7.71. The van der Waals surface area contributed by atoms with Gasteiger partial charge in [0.2, 0.25) is 0 Å². The fraction of sp³-hybridized carbons (Fsp3) is 1.00. The van der Waals surface area contributed by atoms with Crippen LogP contribution in [0.15, 0.2) is 0 Å². The van der Waals surface area contributed by atoms with Crippen LogP contribution in [0.25, 0.3) is 0 Å². The Morgan fingerprint density at radius 3 is 1.67 bits per heavy atom. The minimum atomic E-state index is -7.08. The molecule has 8 heteroatoms. The Labute approximate surface area is 57.6 Å². The molecule has 57 valence electrons. The summed E-state index contributed by atoms with van der Waals surface area (Å²) in [4.78, 5) is 0. The summed E-state index contributed by atoms with van der Waals surface area (Å²) in [6.07, 6.45) is 0.374. The molecular formula is CH3BiF3O3S. The zero-order valence-corrected chi connectivity index (χ0v) is 8.51. The Morgan fingerprint density at radius 2 is 1.67 bits per heavy atom. The summed E-state index contributed by atoms with van der Waals surface area (Å²) < 4.78 is 55.8. The molecule has 0 aliphatic heterocycles. The molecule has 0 aliphatic carbocycles. The van der Waals surface area contributed by atoms with E-state index in [0.717, 1.165) is 0 Å². The first kappa shape index (κ1) is 9.58.